The first-order chi connectivity index (χ1) is 27.9. The first-order valence-corrected chi connectivity index (χ1v) is 22.8. The van der Waals surface area contributed by atoms with Crippen LogP contribution in [0.25, 0.3) is 0 Å². The lowest BCUT2D eigenvalue weighted by Gasteiger charge is -2.78. The molecule has 324 valence electrons. The van der Waals surface area contributed by atoms with Crippen LogP contribution in [-0.4, -0.2) is 93.9 Å². The Hall–Kier alpha value is -2.29. The molecule has 0 radical (unpaired) electrons. The van der Waals surface area contributed by atoms with E-state index in [-0.39, 0.29) is 48.3 Å². The molecule has 0 aromatic heterocycles. The Morgan fingerprint density at radius 3 is 1.67 bits per heavy atom. The second-order valence-electron chi connectivity index (χ2n) is 24.0. The largest absolute Gasteiger partial charge is 0.483 e. The lowest BCUT2D eigenvalue weighted by molar-refractivity contribution is -0.528. The first-order valence-electron chi connectivity index (χ1n) is 22.8. The molecule has 12 nitrogen and oxygen atoms in total. The highest BCUT2D eigenvalue weighted by Crippen LogP contribution is 2.83. The molecule has 13 fully saturated rings. The molecule has 0 aromatic rings. The molecule has 7 heterocycles. The van der Waals surface area contributed by atoms with Gasteiger partial charge in [0.05, 0.1) is 36.3 Å². The second kappa shape index (κ2) is 10.1. The van der Waals surface area contributed by atoms with Crippen LogP contribution in [0.2, 0.25) is 0 Å². The van der Waals surface area contributed by atoms with E-state index >= 15 is 14.4 Å². The van der Waals surface area contributed by atoms with Crippen molar-refractivity contribution in [3.8, 4) is 0 Å². The predicted octanol–water partition coefficient (Wildman–Crippen LogP) is 5.23. The smallest absolute Gasteiger partial charge is 0.213 e. The predicted molar refractivity (Wildman–Crippen MR) is 209 cm³/mol. The van der Waals surface area contributed by atoms with Gasteiger partial charge in [-0.1, -0.05) is 40.9 Å². The van der Waals surface area contributed by atoms with Crippen LogP contribution in [0.5, 0.6) is 0 Å². The van der Waals surface area contributed by atoms with Gasteiger partial charge in [0.25, 0.3) is 0 Å². The Balaban J connectivity index is 0.996. The van der Waals surface area contributed by atoms with Gasteiger partial charge in [-0.2, -0.15) is 0 Å². The highest BCUT2D eigenvalue weighted by Gasteiger charge is 2.93. The van der Waals surface area contributed by atoms with Gasteiger partial charge in [0.15, 0.2) is 34.5 Å². The van der Waals surface area contributed by atoms with Crippen molar-refractivity contribution in [2.75, 3.05) is 13.2 Å². The molecular formula is C48H60O12. The lowest BCUT2D eigenvalue weighted by atomic mass is 9.33. The monoisotopic (exact) mass is 828 g/mol. The Labute approximate surface area is 351 Å². The van der Waals surface area contributed by atoms with E-state index in [2.05, 4.69) is 40.9 Å². The Morgan fingerprint density at radius 1 is 0.650 bits per heavy atom. The van der Waals surface area contributed by atoms with Crippen LogP contribution in [0.1, 0.15) is 107 Å². The molecule has 8 bridgehead atoms. The average Bonchev–Trinajstić information content (AvgIpc) is 3.34. The minimum absolute atomic E-state index is 0.0192. The number of ketones is 3. The van der Waals surface area contributed by atoms with E-state index in [9.17, 15) is 10.2 Å². The van der Waals surface area contributed by atoms with Crippen LogP contribution in [0.4, 0.5) is 0 Å². The maximum absolute atomic E-state index is 16.5. The molecule has 12 heteroatoms. The van der Waals surface area contributed by atoms with Crippen molar-refractivity contribution in [3.63, 3.8) is 0 Å². The summed E-state index contributed by atoms with van der Waals surface area (Å²) < 4.78 is 48.8. The number of hydrogen-bond donors (Lipinski definition) is 2. The van der Waals surface area contributed by atoms with Crippen LogP contribution in [0.15, 0.2) is 35.6 Å². The maximum atomic E-state index is 16.5. The van der Waals surface area contributed by atoms with E-state index in [1.807, 2.05) is 13.8 Å². The van der Waals surface area contributed by atoms with E-state index in [4.69, 9.17) is 33.2 Å². The number of rotatable bonds is 0. The van der Waals surface area contributed by atoms with Crippen molar-refractivity contribution in [3.05, 3.63) is 35.6 Å². The van der Waals surface area contributed by atoms with Gasteiger partial charge >= 0.3 is 0 Å². The zero-order valence-corrected chi connectivity index (χ0v) is 36.2. The molecular weight excluding hydrogens is 769 g/mol. The van der Waals surface area contributed by atoms with Gasteiger partial charge in [-0.3, -0.25) is 14.4 Å². The fraction of sp³-hybridized carbons (Fsp3) is 0.812. The van der Waals surface area contributed by atoms with E-state index in [1.165, 1.54) is 0 Å². The minimum Gasteiger partial charge on any atom is -0.483 e. The Kier molecular flexibility index (Phi) is 6.46. The number of carbonyl (C=O) groups excluding carboxylic acids is 3. The van der Waals surface area contributed by atoms with Gasteiger partial charge in [-0.15, -0.1) is 0 Å². The van der Waals surface area contributed by atoms with Crippen molar-refractivity contribution in [2.24, 2.45) is 68.0 Å². The first kappa shape index (κ1) is 38.2. The van der Waals surface area contributed by atoms with Gasteiger partial charge < -0.3 is 43.4 Å². The van der Waals surface area contributed by atoms with Gasteiger partial charge in [0, 0.05) is 23.7 Å². The fourth-order valence-electron chi connectivity index (χ4n) is 19.1. The number of hydrogen-bond acceptors (Lipinski definition) is 12. The van der Waals surface area contributed by atoms with Crippen LogP contribution in [0, 0.1) is 68.0 Å². The van der Waals surface area contributed by atoms with Crippen molar-refractivity contribution in [2.45, 2.75) is 160 Å². The number of aliphatic hydroxyl groups excluding tert-OH is 2. The summed E-state index contributed by atoms with van der Waals surface area (Å²) in [5.74, 6) is -8.03. The minimum atomic E-state index is -1.71. The third-order valence-corrected chi connectivity index (χ3v) is 19.9. The summed E-state index contributed by atoms with van der Waals surface area (Å²) in [4.78, 5) is 46.6. The van der Waals surface area contributed by atoms with Gasteiger partial charge in [0.1, 0.15) is 28.8 Å². The number of allylic oxidation sites excluding steroid dienone is 1. The van der Waals surface area contributed by atoms with Gasteiger partial charge in [0.2, 0.25) is 11.6 Å². The molecule has 60 heavy (non-hydrogen) atoms. The molecule has 8 aliphatic carbocycles. The molecule has 7 aliphatic heterocycles. The highest BCUT2D eigenvalue weighted by molar-refractivity contribution is 6.07. The molecule has 7 saturated carbocycles. The molecule has 0 aromatic carbocycles. The van der Waals surface area contributed by atoms with Crippen LogP contribution in [0.3, 0.4) is 0 Å². The van der Waals surface area contributed by atoms with Crippen molar-refractivity contribution < 1.29 is 57.8 Å². The van der Waals surface area contributed by atoms with Crippen LogP contribution < -0.4 is 0 Å². The summed E-state index contributed by atoms with van der Waals surface area (Å²) >= 11 is 0. The van der Waals surface area contributed by atoms with Crippen LogP contribution >= 0.6 is 0 Å². The molecule has 15 aliphatic rings. The maximum Gasteiger partial charge on any atom is 0.213 e. The summed E-state index contributed by atoms with van der Waals surface area (Å²) in [6.07, 6.45) is 0.649. The fourth-order valence-corrected chi connectivity index (χ4v) is 19.1. The normalized spacial score (nSPS) is 58.3. The molecule has 0 amide bonds. The topological polar surface area (TPSA) is 156 Å². The van der Waals surface area contributed by atoms with E-state index in [1.54, 1.807) is 13.8 Å². The quantitative estimate of drug-likeness (QED) is 0.307. The third kappa shape index (κ3) is 3.39. The SMILES string of the molecule is C=C1C(=O)[C@@]23[C@@H]4OC(C)(C)O[C@@]25OC[C@]2(C(=O)[C@@]6(CCC7=C(O6)[C@@]68CO[C@]9(OC(C)(C)O[C@@H]%10[C@H]%11CC[C@@H]6[C@]%109C(=O)C%11=C)[C@@H](O)[C@@H]8C(C)(C)C7)CC(C)(C)[C@H]2[C@@H]5O)[C@@H]3CC[C@@H]14. The summed E-state index contributed by atoms with van der Waals surface area (Å²) in [6.45, 7) is 24.7. The van der Waals surface area contributed by atoms with Crippen LogP contribution in [-0.2, 0) is 47.5 Å². The highest BCUT2D eigenvalue weighted by atomic mass is 16.8. The summed E-state index contributed by atoms with van der Waals surface area (Å²) in [7, 11) is 0. The van der Waals surface area contributed by atoms with Gasteiger partial charge in [-0.05, 0) is 118 Å². The molecule has 2 N–H and O–H groups in total. The lowest BCUT2D eigenvalue weighted by Crippen LogP contribution is -2.90. The standard InChI is InChI=1S/C48H60O12/c1-21-24-11-13-26-43-19-54-47(45(26,30(21)49)35(24)56-40(7,8)59-47)32(51)28(43)38(3,4)17-23-15-16-42(58-34(23)43)18-39(5,6)29-33(52)48-46-27(44(29,20-55-48)37(42)53)14-12-25(22(2)31(46)50)36(46)57-41(9,10)60-48/h24-29,32-33,35-36,51-52H,1-2,11-20H2,3-10H3/t24-,25-,26-,27-,28+,29+,32-,33-,35+,36+,42+,43-,44-,45-,46-,47-,48+/m0/s1. The molecule has 7 spiro atoms. The number of Topliss-reactive ketones (excluding diaryl/α,β-unsaturated/α-hetero) is 3. The number of carbonyl (C=O) groups is 3. The van der Waals surface area contributed by atoms with Crippen molar-refractivity contribution in [1.29, 1.82) is 0 Å². The number of aliphatic hydroxyl groups is 2. The number of ether oxygens (including phenoxy) is 7. The van der Waals surface area contributed by atoms with E-state index in [0.717, 1.165) is 5.57 Å². The summed E-state index contributed by atoms with van der Waals surface area (Å²) in [5.41, 5.74) is -5.61. The second-order valence-corrected chi connectivity index (χ2v) is 24.0. The van der Waals surface area contributed by atoms with E-state index < -0.39 is 103 Å². The Bertz CT molecular complexity index is 2240. The van der Waals surface area contributed by atoms with Gasteiger partial charge in [-0.25, -0.2) is 0 Å². The zero-order chi connectivity index (χ0) is 42.3. The average molecular weight is 829 g/mol. The third-order valence-electron chi connectivity index (χ3n) is 19.9. The molecule has 15 rings (SSSR count). The number of fused-ring (bicyclic) bond motifs is 2. The van der Waals surface area contributed by atoms with Crippen molar-refractivity contribution >= 4 is 17.3 Å². The molecule has 0 unspecified atom stereocenters. The summed E-state index contributed by atoms with van der Waals surface area (Å²) in [5, 5.41) is 26.1. The molecule has 6 saturated heterocycles. The summed E-state index contributed by atoms with van der Waals surface area (Å²) in [6, 6.07) is 0. The Morgan fingerprint density at radius 2 is 1.13 bits per heavy atom. The molecule has 17 atom stereocenters. The zero-order valence-electron chi connectivity index (χ0n) is 36.2. The van der Waals surface area contributed by atoms with Crippen molar-refractivity contribution in [1.82, 2.24) is 0 Å². The van der Waals surface area contributed by atoms with E-state index in [0.29, 0.717) is 68.3 Å².